The van der Waals surface area contributed by atoms with Crippen LogP contribution in [0, 0.1) is 0 Å². The van der Waals surface area contributed by atoms with E-state index in [1.807, 2.05) is 55.1 Å². The normalized spacial score (nSPS) is 18.4. The van der Waals surface area contributed by atoms with Gasteiger partial charge in [-0.15, -0.1) is 0 Å². The summed E-state index contributed by atoms with van der Waals surface area (Å²) in [5, 5.41) is 3.81. The molecule has 2 aliphatic heterocycles. The number of hydrogen-bond acceptors (Lipinski definition) is 2. The minimum absolute atomic E-state index is 0.0208. The zero-order valence-electron chi connectivity index (χ0n) is 19.2. The van der Waals surface area contributed by atoms with Crippen molar-refractivity contribution in [3.8, 4) is 0 Å². The standard InChI is InChI=1S/C13H17NO.C7H7Br.C6H11NO/c1-13(2)9-8-12(15)14(13)10-11-6-4-3-5-7-11;8-6-7-4-2-1-3-5-7;1-6(2)4-3-5(8)7-6/h3-7H,8-10H2,1-2H3;1-5H,6H2;3-4H2,1-2H3,(H,7,8). The van der Waals surface area contributed by atoms with E-state index >= 15 is 0 Å². The van der Waals surface area contributed by atoms with E-state index in [-0.39, 0.29) is 22.9 Å². The quantitative estimate of drug-likeness (QED) is 0.553. The van der Waals surface area contributed by atoms with Gasteiger partial charge in [0.25, 0.3) is 0 Å². The van der Waals surface area contributed by atoms with E-state index in [2.05, 4.69) is 59.4 Å². The molecule has 0 aliphatic carbocycles. The average molecular weight is 487 g/mol. The SMILES string of the molecule is BrCc1ccccc1.CC1(C)CCC(=O)N1.CC1(C)CCC(=O)N1Cc1ccccc1. The van der Waals surface area contributed by atoms with Crippen LogP contribution in [0.4, 0.5) is 0 Å². The van der Waals surface area contributed by atoms with E-state index in [9.17, 15) is 9.59 Å². The second-order valence-electron chi connectivity index (χ2n) is 9.33. The molecule has 0 spiro atoms. The molecule has 0 aromatic heterocycles. The van der Waals surface area contributed by atoms with Crippen molar-refractivity contribution >= 4 is 27.7 Å². The molecule has 0 bridgehead atoms. The number of hydrogen-bond donors (Lipinski definition) is 1. The van der Waals surface area contributed by atoms with Gasteiger partial charge in [0, 0.05) is 35.8 Å². The van der Waals surface area contributed by atoms with Gasteiger partial charge in [-0.05, 0) is 51.7 Å². The zero-order chi connectivity index (χ0) is 22.9. The number of likely N-dealkylation sites (tertiary alicyclic amines) is 1. The number of nitrogens with zero attached hydrogens (tertiary/aromatic N) is 1. The van der Waals surface area contributed by atoms with Crippen LogP contribution in [0.2, 0.25) is 0 Å². The molecule has 1 N–H and O–H groups in total. The Hall–Kier alpha value is -2.14. The topological polar surface area (TPSA) is 49.4 Å². The molecule has 4 nitrogen and oxygen atoms in total. The first-order valence-corrected chi connectivity index (χ1v) is 12.0. The van der Waals surface area contributed by atoms with Crippen LogP contribution in [-0.2, 0) is 21.5 Å². The molecule has 2 heterocycles. The first-order valence-electron chi connectivity index (χ1n) is 10.9. The van der Waals surface area contributed by atoms with Crippen molar-refractivity contribution in [3.63, 3.8) is 0 Å². The minimum atomic E-state index is 0.0208. The van der Waals surface area contributed by atoms with Gasteiger partial charge in [-0.2, -0.15) is 0 Å². The maximum absolute atomic E-state index is 11.7. The van der Waals surface area contributed by atoms with Crippen LogP contribution in [0.1, 0.15) is 64.5 Å². The van der Waals surface area contributed by atoms with Crippen molar-refractivity contribution in [2.75, 3.05) is 0 Å². The molecule has 4 rings (SSSR count). The maximum Gasteiger partial charge on any atom is 0.223 e. The first kappa shape index (κ1) is 25.1. The second kappa shape index (κ2) is 11.5. The van der Waals surface area contributed by atoms with Crippen LogP contribution >= 0.6 is 15.9 Å². The van der Waals surface area contributed by atoms with Crippen molar-refractivity contribution in [2.45, 2.75) is 76.3 Å². The highest BCUT2D eigenvalue weighted by Gasteiger charge is 2.37. The Morgan fingerprint density at radius 2 is 1.39 bits per heavy atom. The monoisotopic (exact) mass is 486 g/mol. The van der Waals surface area contributed by atoms with Crippen molar-refractivity contribution in [1.29, 1.82) is 0 Å². The van der Waals surface area contributed by atoms with Gasteiger partial charge in [-0.25, -0.2) is 0 Å². The highest BCUT2D eigenvalue weighted by Crippen LogP contribution is 2.30. The predicted molar refractivity (Wildman–Crippen MR) is 131 cm³/mol. The lowest BCUT2D eigenvalue weighted by Crippen LogP contribution is -2.40. The third-order valence-corrected chi connectivity index (χ3v) is 6.27. The Bertz CT molecular complexity index is 835. The number of rotatable bonds is 3. The lowest BCUT2D eigenvalue weighted by molar-refractivity contribution is -0.131. The summed E-state index contributed by atoms with van der Waals surface area (Å²) in [5.74, 6) is 0.471. The minimum Gasteiger partial charge on any atom is -0.351 e. The third kappa shape index (κ3) is 8.48. The number of alkyl halides is 1. The van der Waals surface area contributed by atoms with Gasteiger partial charge in [0.1, 0.15) is 0 Å². The van der Waals surface area contributed by atoms with Gasteiger partial charge in [0.05, 0.1) is 0 Å². The number of carbonyl (C=O) groups is 2. The molecule has 168 valence electrons. The summed E-state index contributed by atoms with van der Waals surface area (Å²) >= 11 is 3.36. The Kier molecular flexibility index (Phi) is 9.30. The molecule has 2 aromatic rings. The van der Waals surface area contributed by atoms with Crippen LogP contribution in [0.5, 0.6) is 0 Å². The summed E-state index contributed by atoms with van der Waals surface area (Å²) in [5.41, 5.74) is 2.62. The zero-order valence-corrected chi connectivity index (χ0v) is 20.7. The largest absolute Gasteiger partial charge is 0.351 e. The molecule has 2 amide bonds. The fraction of sp³-hybridized carbons (Fsp3) is 0.462. The molecule has 0 radical (unpaired) electrons. The van der Waals surface area contributed by atoms with E-state index in [0.29, 0.717) is 12.8 Å². The van der Waals surface area contributed by atoms with Crippen molar-refractivity contribution in [3.05, 3.63) is 71.8 Å². The number of amides is 2. The van der Waals surface area contributed by atoms with E-state index in [1.54, 1.807) is 0 Å². The molecule has 2 aliphatic rings. The van der Waals surface area contributed by atoms with Crippen LogP contribution in [0.3, 0.4) is 0 Å². The highest BCUT2D eigenvalue weighted by molar-refractivity contribution is 9.08. The lowest BCUT2D eigenvalue weighted by atomic mass is 10.0. The van der Waals surface area contributed by atoms with E-state index in [1.165, 1.54) is 11.1 Å². The van der Waals surface area contributed by atoms with Gasteiger partial charge in [-0.1, -0.05) is 76.6 Å². The molecular formula is C26H35BrN2O2. The highest BCUT2D eigenvalue weighted by atomic mass is 79.9. The molecule has 5 heteroatoms. The fourth-order valence-corrected chi connectivity index (χ4v) is 3.96. The summed E-state index contributed by atoms with van der Waals surface area (Å²) in [6, 6.07) is 20.5. The summed E-state index contributed by atoms with van der Waals surface area (Å²) in [6.45, 7) is 9.10. The van der Waals surface area contributed by atoms with Crippen LogP contribution < -0.4 is 5.32 Å². The Morgan fingerprint density at radius 1 is 0.839 bits per heavy atom. The van der Waals surface area contributed by atoms with Gasteiger partial charge in [0.2, 0.25) is 11.8 Å². The molecule has 2 saturated heterocycles. The van der Waals surface area contributed by atoms with Crippen LogP contribution in [-0.4, -0.2) is 27.8 Å². The summed E-state index contributed by atoms with van der Waals surface area (Å²) in [4.78, 5) is 24.3. The van der Waals surface area contributed by atoms with Gasteiger partial charge < -0.3 is 10.2 Å². The van der Waals surface area contributed by atoms with Gasteiger partial charge in [-0.3, -0.25) is 9.59 Å². The van der Waals surface area contributed by atoms with Crippen LogP contribution in [0.15, 0.2) is 60.7 Å². The predicted octanol–water partition coefficient (Wildman–Crippen LogP) is 5.84. The Labute approximate surface area is 195 Å². The average Bonchev–Trinajstić information content (AvgIpc) is 3.21. The van der Waals surface area contributed by atoms with Crippen molar-refractivity contribution < 1.29 is 9.59 Å². The molecule has 0 unspecified atom stereocenters. The summed E-state index contributed by atoms with van der Waals surface area (Å²) in [7, 11) is 0. The van der Waals surface area contributed by atoms with Crippen molar-refractivity contribution in [1.82, 2.24) is 10.2 Å². The smallest absolute Gasteiger partial charge is 0.223 e. The molecule has 2 aromatic carbocycles. The molecule has 2 fully saturated rings. The van der Waals surface area contributed by atoms with E-state index in [0.717, 1.165) is 24.7 Å². The molecule has 0 saturated carbocycles. The Morgan fingerprint density at radius 3 is 1.71 bits per heavy atom. The fourth-order valence-electron chi connectivity index (χ4n) is 3.58. The molecular weight excluding hydrogens is 452 g/mol. The van der Waals surface area contributed by atoms with E-state index in [4.69, 9.17) is 0 Å². The third-order valence-electron chi connectivity index (χ3n) is 5.62. The van der Waals surface area contributed by atoms with Crippen molar-refractivity contribution in [2.24, 2.45) is 0 Å². The number of halogens is 1. The molecule has 0 atom stereocenters. The first-order chi connectivity index (χ1) is 14.6. The summed E-state index contributed by atoms with van der Waals surface area (Å²) in [6.07, 6.45) is 3.34. The van der Waals surface area contributed by atoms with Crippen LogP contribution in [0.25, 0.3) is 0 Å². The van der Waals surface area contributed by atoms with Gasteiger partial charge in [0.15, 0.2) is 0 Å². The molecule has 31 heavy (non-hydrogen) atoms. The number of benzene rings is 2. The van der Waals surface area contributed by atoms with Gasteiger partial charge >= 0.3 is 0 Å². The summed E-state index contributed by atoms with van der Waals surface area (Å²) < 4.78 is 0. The van der Waals surface area contributed by atoms with E-state index < -0.39 is 0 Å². The number of nitrogens with one attached hydrogen (secondary N) is 1. The second-order valence-corrected chi connectivity index (χ2v) is 9.89. The maximum atomic E-state index is 11.7. The number of carbonyl (C=O) groups excluding carboxylic acids is 2. The lowest BCUT2D eigenvalue weighted by Gasteiger charge is -2.31. The Balaban J connectivity index is 0.000000181.